The molecule has 1 unspecified atom stereocenters. The summed E-state index contributed by atoms with van der Waals surface area (Å²) in [6.45, 7) is 1.02. The molecule has 2 amide bonds. The fourth-order valence-electron chi connectivity index (χ4n) is 2.49. The number of hydrogen-bond donors (Lipinski definition) is 3. The van der Waals surface area contributed by atoms with Gasteiger partial charge in [0.1, 0.15) is 0 Å². The largest absolute Gasteiger partial charge is 0.386 e. The number of aliphatic hydroxyl groups is 1. The molecule has 24 heavy (non-hydrogen) atoms. The van der Waals surface area contributed by atoms with Crippen LogP contribution in [0.1, 0.15) is 11.7 Å². The van der Waals surface area contributed by atoms with Gasteiger partial charge in [0.15, 0.2) is 0 Å². The Bertz CT molecular complexity index is 724. The summed E-state index contributed by atoms with van der Waals surface area (Å²) >= 11 is 0. The Morgan fingerprint density at radius 3 is 2.58 bits per heavy atom. The van der Waals surface area contributed by atoms with Crippen LogP contribution in [0.25, 0.3) is 10.9 Å². The normalized spacial score (nSPS) is 12.4. The summed E-state index contributed by atoms with van der Waals surface area (Å²) in [7, 11) is 5.66. The molecule has 0 aliphatic heterocycles. The van der Waals surface area contributed by atoms with Gasteiger partial charge < -0.3 is 25.2 Å². The van der Waals surface area contributed by atoms with Crippen LogP contribution in [0.15, 0.2) is 30.5 Å². The molecule has 0 bridgehead atoms. The standard InChI is InChI=1S/C17H24N4O3/c1-20(2)9-8-18-16(23)17(24)19-10-15(22)13-11-21(3)14-7-5-4-6-12(13)14/h4-7,11,15,22H,8-10H2,1-3H3,(H,18,23)(H,19,24). The van der Waals surface area contributed by atoms with Crippen LogP contribution in [0.5, 0.6) is 0 Å². The van der Waals surface area contributed by atoms with Gasteiger partial charge in [-0.2, -0.15) is 0 Å². The van der Waals surface area contributed by atoms with E-state index in [4.69, 9.17) is 0 Å². The lowest BCUT2D eigenvalue weighted by atomic mass is 10.1. The van der Waals surface area contributed by atoms with Crippen molar-refractivity contribution < 1.29 is 14.7 Å². The van der Waals surface area contributed by atoms with Crippen LogP contribution in [-0.4, -0.2) is 60.1 Å². The Labute approximate surface area is 141 Å². The highest BCUT2D eigenvalue weighted by Gasteiger charge is 2.18. The summed E-state index contributed by atoms with van der Waals surface area (Å²) in [5.74, 6) is -1.44. The molecule has 1 atom stereocenters. The number of aryl methyl sites for hydroxylation is 1. The van der Waals surface area contributed by atoms with E-state index in [0.717, 1.165) is 16.5 Å². The van der Waals surface area contributed by atoms with E-state index in [1.165, 1.54) is 0 Å². The van der Waals surface area contributed by atoms with Crippen molar-refractivity contribution in [1.29, 1.82) is 0 Å². The second-order valence-corrected chi connectivity index (χ2v) is 6.00. The number of hydrogen-bond acceptors (Lipinski definition) is 4. The Morgan fingerprint density at radius 1 is 1.21 bits per heavy atom. The number of carbonyl (C=O) groups is 2. The lowest BCUT2D eigenvalue weighted by Gasteiger charge is -2.12. The molecule has 0 saturated heterocycles. The maximum absolute atomic E-state index is 11.8. The highest BCUT2D eigenvalue weighted by Crippen LogP contribution is 2.25. The third kappa shape index (κ3) is 4.33. The summed E-state index contributed by atoms with van der Waals surface area (Å²) < 4.78 is 1.92. The monoisotopic (exact) mass is 332 g/mol. The van der Waals surface area contributed by atoms with Gasteiger partial charge in [0, 0.05) is 49.3 Å². The number of rotatable bonds is 6. The Morgan fingerprint density at radius 2 is 1.88 bits per heavy atom. The van der Waals surface area contributed by atoms with Crippen molar-refractivity contribution in [3.8, 4) is 0 Å². The number of aliphatic hydroxyl groups excluding tert-OH is 1. The van der Waals surface area contributed by atoms with Crippen LogP contribution < -0.4 is 10.6 Å². The van der Waals surface area contributed by atoms with Gasteiger partial charge in [-0.3, -0.25) is 9.59 Å². The van der Waals surface area contributed by atoms with E-state index in [1.54, 1.807) is 0 Å². The van der Waals surface area contributed by atoms with E-state index in [2.05, 4.69) is 10.6 Å². The van der Waals surface area contributed by atoms with Crippen LogP contribution in [-0.2, 0) is 16.6 Å². The summed E-state index contributed by atoms with van der Waals surface area (Å²) in [6, 6.07) is 7.71. The molecule has 7 nitrogen and oxygen atoms in total. The number of benzene rings is 1. The van der Waals surface area contributed by atoms with Crippen molar-refractivity contribution in [2.45, 2.75) is 6.10 Å². The average molecular weight is 332 g/mol. The van der Waals surface area contributed by atoms with E-state index in [0.29, 0.717) is 13.1 Å². The maximum Gasteiger partial charge on any atom is 0.309 e. The number of nitrogens with one attached hydrogen (secondary N) is 2. The van der Waals surface area contributed by atoms with Gasteiger partial charge in [0.25, 0.3) is 0 Å². The number of likely N-dealkylation sites (N-methyl/N-ethyl adjacent to an activating group) is 1. The zero-order valence-corrected chi connectivity index (χ0v) is 14.2. The zero-order valence-electron chi connectivity index (χ0n) is 14.2. The highest BCUT2D eigenvalue weighted by atomic mass is 16.3. The van der Waals surface area contributed by atoms with Crippen LogP contribution in [0, 0.1) is 0 Å². The first-order valence-corrected chi connectivity index (χ1v) is 7.83. The van der Waals surface area contributed by atoms with Gasteiger partial charge in [0.2, 0.25) is 0 Å². The SMILES string of the molecule is CN(C)CCNC(=O)C(=O)NCC(O)c1cn(C)c2ccccc12. The molecule has 3 N–H and O–H groups in total. The fourth-order valence-corrected chi connectivity index (χ4v) is 2.49. The molecular weight excluding hydrogens is 308 g/mol. The lowest BCUT2D eigenvalue weighted by molar-refractivity contribution is -0.139. The average Bonchev–Trinajstić information content (AvgIpc) is 2.89. The minimum absolute atomic E-state index is 0.0199. The van der Waals surface area contributed by atoms with Gasteiger partial charge in [-0.25, -0.2) is 0 Å². The van der Waals surface area contributed by atoms with E-state index in [9.17, 15) is 14.7 Å². The molecular formula is C17H24N4O3. The predicted octanol–water partition coefficient (Wildman–Crippen LogP) is 0.00570. The highest BCUT2D eigenvalue weighted by molar-refractivity contribution is 6.35. The van der Waals surface area contributed by atoms with Crippen molar-refractivity contribution in [2.24, 2.45) is 7.05 Å². The molecule has 1 aromatic carbocycles. The maximum atomic E-state index is 11.8. The third-order valence-electron chi connectivity index (χ3n) is 3.79. The molecule has 0 spiro atoms. The van der Waals surface area contributed by atoms with Crippen LogP contribution in [0.4, 0.5) is 0 Å². The fraction of sp³-hybridized carbons (Fsp3) is 0.412. The van der Waals surface area contributed by atoms with Crippen molar-refractivity contribution >= 4 is 22.7 Å². The smallest absolute Gasteiger partial charge is 0.309 e. The number of para-hydroxylation sites is 1. The van der Waals surface area contributed by atoms with E-state index in [1.807, 2.05) is 61.1 Å². The van der Waals surface area contributed by atoms with Gasteiger partial charge in [-0.1, -0.05) is 18.2 Å². The second-order valence-electron chi connectivity index (χ2n) is 6.00. The van der Waals surface area contributed by atoms with Crippen molar-refractivity contribution in [3.05, 3.63) is 36.0 Å². The minimum Gasteiger partial charge on any atom is -0.386 e. The van der Waals surface area contributed by atoms with Gasteiger partial charge >= 0.3 is 11.8 Å². The van der Waals surface area contributed by atoms with Crippen LogP contribution in [0.3, 0.4) is 0 Å². The van der Waals surface area contributed by atoms with E-state index in [-0.39, 0.29) is 6.54 Å². The molecule has 0 fully saturated rings. The first kappa shape index (κ1) is 18.0. The number of amides is 2. The first-order chi connectivity index (χ1) is 11.4. The van der Waals surface area contributed by atoms with Crippen molar-refractivity contribution in [1.82, 2.24) is 20.1 Å². The number of nitrogens with zero attached hydrogens (tertiary/aromatic N) is 2. The third-order valence-corrected chi connectivity index (χ3v) is 3.79. The molecule has 0 radical (unpaired) electrons. The zero-order chi connectivity index (χ0) is 17.7. The Kier molecular flexibility index (Phi) is 5.94. The second kappa shape index (κ2) is 7.94. The van der Waals surface area contributed by atoms with Crippen molar-refractivity contribution in [2.75, 3.05) is 33.7 Å². The molecule has 2 rings (SSSR count). The molecule has 0 saturated carbocycles. The summed E-state index contributed by atoms with van der Waals surface area (Å²) in [6.07, 6.45) is 0.952. The number of carbonyl (C=O) groups excluding carboxylic acids is 2. The predicted molar refractivity (Wildman–Crippen MR) is 92.5 cm³/mol. The Balaban J connectivity index is 1.91. The van der Waals surface area contributed by atoms with Crippen LogP contribution >= 0.6 is 0 Å². The topological polar surface area (TPSA) is 86.6 Å². The molecule has 1 heterocycles. The van der Waals surface area contributed by atoms with Gasteiger partial charge in [-0.05, 0) is 20.2 Å². The molecule has 1 aromatic heterocycles. The minimum atomic E-state index is -0.880. The summed E-state index contributed by atoms with van der Waals surface area (Å²) in [4.78, 5) is 25.3. The quantitative estimate of drug-likeness (QED) is 0.650. The van der Waals surface area contributed by atoms with Gasteiger partial charge in [-0.15, -0.1) is 0 Å². The lowest BCUT2D eigenvalue weighted by Crippen LogP contribution is -2.43. The molecule has 130 valence electrons. The molecule has 7 heteroatoms. The molecule has 0 aliphatic carbocycles. The van der Waals surface area contributed by atoms with Crippen LogP contribution in [0.2, 0.25) is 0 Å². The molecule has 0 aliphatic rings. The van der Waals surface area contributed by atoms with Gasteiger partial charge in [0.05, 0.1) is 6.10 Å². The Hall–Kier alpha value is -2.38. The van der Waals surface area contributed by atoms with Crippen molar-refractivity contribution in [3.63, 3.8) is 0 Å². The summed E-state index contributed by atoms with van der Waals surface area (Å²) in [5, 5.41) is 16.3. The number of aromatic nitrogens is 1. The first-order valence-electron chi connectivity index (χ1n) is 7.83. The summed E-state index contributed by atoms with van der Waals surface area (Å²) in [5.41, 5.74) is 1.72. The van der Waals surface area contributed by atoms with E-state index >= 15 is 0 Å². The molecule has 2 aromatic rings. The number of fused-ring (bicyclic) bond motifs is 1. The van der Waals surface area contributed by atoms with E-state index < -0.39 is 17.9 Å².